The van der Waals surface area contributed by atoms with Crippen molar-refractivity contribution in [1.82, 2.24) is 4.90 Å². The van der Waals surface area contributed by atoms with Crippen molar-refractivity contribution in [2.75, 3.05) is 20.2 Å². The third kappa shape index (κ3) is 3.43. The highest BCUT2D eigenvalue weighted by Crippen LogP contribution is 2.46. The maximum absolute atomic E-state index is 14.2. The maximum Gasteiger partial charge on any atom is 0.256 e. The zero-order valence-electron chi connectivity index (χ0n) is 14.2. The van der Waals surface area contributed by atoms with Crippen LogP contribution in [0, 0.1) is 11.2 Å². The van der Waals surface area contributed by atoms with E-state index in [4.69, 9.17) is 9.88 Å². The number of piperidine rings is 1. The van der Waals surface area contributed by atoms with Gasteiger partial charge in [-0.25, -0.2) is 17.9 Å². The van der Waals surface area contributed by atoms with Gasteiger partial charge < -0.3 is 9.64 Å². The lowest BCUT2D eigenvalue weighted by Crippen LogP contribution is -2.50. The van der Waals surface area contributed by atoms with Crippen molar-refractivity contribution in [3.8, 4) is 0 Å². The number of ether oxygens (including phenoxy) is 1. The van der Waals surface area contributed by atoms with Crippen molar-refractivity contribution >= 4 is 15.9 Å². The molecule has 1 saturated carbocycles. The first-order valence-electron chi connectivity index (χ1n) is 8.41. The number of benzene rings is 1. The molecule has 1 saturated heterocycles. The molecule has 2 aliphatic rings. The fourth-order valence-electron chi connectivity index (χ4n) is 4.29. The Morgan fingerprint density at radius 1 is 1.36 bits per heavy atom. The Hall–Kier alpha value is -1.51. The molecule has 0 aromatic heterocycles. The third-order valence-corrected chi connectivity index (χ3v) is 6.41. The number of methoxy groups -OCH3 is 1. The number of likely N-dealkylation sites (tertiary alicyclic amines) is 1. The molecule has 1 spiro atoms. The van der Waals surface area contributed by atoms with E-state index in [0.29, 0.717) is 13.1 Å². The van der Waals surface area contributed by atoms with Crippen LogP contribution < -0.4 is 5.14 Å². The number of hydrogen-bond donors (Lipinski definition) is 1. The Bertz CT molecular complexity index is 783. The molecule has 1 aromatic rings. The molecule has 138 valence electrons. The lowest BCUT2D eigenvalue weighted by Gasteiger charge is -2.43. The van der Waals surface area contributed by atoms with Gasteiger partial charge >= 0.3 is 0 Å². The summed E-state index contributed by atoms with van der Waals surface area (Å²) < 4.78 is 42.8. The smallest absolute Gasteiger partial charge is 0.256 e. The summed E-state index contributed by atoms with van der Waals surface area (Å²) in [5, 5.41) is 5.09. The van der Waals surface area contributed by atoms with E-state index >= 15 is 0 Å². The highest BCUT2D eigenvalue weighted by molar-refractivity contribution is 7.89. The first kappa shape index (κ1) is 18.3. The van der Waals surface area contributed by atoms with E-state index in [1.54, 1.807) is 12.0 Å². The van der Waals surface area contributed by atoms with Crippen LogP contribution in [-0.2, 0) is 14.8 Å². The average molecular weight is 370 g/mol. The van der Waals surface area contributed by atoms with E-state index in [-0.39, 0.29) is 22.0 Å². The minimum absolute atomic E-state index is 0.0866. The van der Waals surface area contributed by atoms with Crippen LogP contribution in [0.3, 0.4) is 0 Å². The van der Waals surface area contributed by atoms with Crippen LogP contribution in [0.2, 0.25) is 0 Å². The predicted octanol–water partition coefficient (Wildman–Crippen LogP) is 1.89. The fraction of sp³-hybridized carbons (Fsp3) is 0.588. The van der Waals surface area contributed by atoms with E-state index < -0.39 is 21.7 Å². The van der Waals surface area contributed by atoms with Gasteiger partial charge in [-0.15, -0.1) is 0 Å². The fourth-order valence-corrected chi connectivity index (χ4v) is 4.83. The second-order valence-electron chi connectivity index (χ2n) is 7.00. The van der Waals surface area contributed by atoms with E-state index in [0.717, 1.165) is 50.3 Å². The normalized spacial score (nSPS) is 27.0. The van der Waals surface area contributed by atoms with Gasteiger partial charge in [-0.2, -0.15) is 0 Å². The summed E-state index contributed by atoms with van der Waals surface area (Å²) in [6.07, 6.45) is 4.90. The van der Waals surface area contributed by atoms with E-state index in [1.807, 2.05) is 0 Å². The number of rotatable bonds is 3. The first-order valence-corrected chi connectivity index (χ1v) is 9.96. The number of nitrogens with two attached hydrogens (primary N) is 1. The van der Waals surface area contributed by atoms with Gasteiger partial charge in [-0.05, 0) is 43.9 Å². The molecule has 0 bridgehead atoms. The van der Waals surface area contributed by atoms with Crippen LogP contribution in [0.4, 0.5) is 4.39 Å². The number of hydrogen-bond acceptors (Lipinski definition) is 4. The highest BCUT2D eigenvalue weighted by Gasteiger charge is 2.46. The standard InChI is InChI=1S/C17H23FN2O4S/c1-24-15-4-2-7-17(15)8-3-9-20(11-17)16(21)13-10-12(25(19,22)23)5-6-14(13)18/h5-6,10,15H,2-4,7-9,11H2,1H3,(H2,19,22,23)/t15-,17+/m1/s1. The summed E-state index contributed by atoms with van der Waals surface area (Å²) in [5.74, 6) is -1.24. The summed E-state index contributed by atoms with van der Waals surface area (Å²) >= 11 is 0. The number of primary sulfonamides is 1. The van der Waals surface area contributed by atoms with Crippen molar-refractivity contribution in [3.63, 3.8) is 0 Å². The number of carbonyl (C=O) groups is 1. The molecule has 2 fully saturated rings. The minimum Gasteiger partial charge on any atom is -0.381 e. The van der Waals surface area contributed by atoms with Gasteiger partial charge in [0.05, 0.1) is 16.6 Å². The highest BCUT2D eigenvalue weighted by atomic mass is 32.2. The summed E-state index contributed by atoms with van der Waals surface area (Å²) in [6.45, 7) is 1.03. The molecular formula is C17H23FN2O4S. The summed E-state index contributed by atoms with van der Waals surface area (Å²) in [5.41, 5.74) is -0.341. The average Bonchev–Trinajstić information content (AvgIpc) is 2.95. The Kier molecular flexibility index (Phi) is 4.87. The van der Waals surface area contributed by atoms with Gasteiger partial charge in [0.1, 0.15) is 5.82 Å². The number of carbonyl (C=O) groups excluding carboxylic acids is 1. The van der Waals surface area contributed by atoms with Gasteiger partial charge in [0, 0.05) is 25.6 Å². The van der Waals surface area contributed by atoms with E-state index in [1.165, 1.54) is 0 Å². The summed E-state index contributed by atoms with van der Waals surface area (Å²) in [7, 11) is -2.31. The number of sulfonamides is 1. The molecule has 3 rings (SSSR count). The van der Waals surface area contributed by atoms with Crippen LogP contribution in [-0.4, -0.2) is 45.5 Å². The minimum atomic E-state index is -4.00. The lowest BCUT2D eigenvalue weighted by molar-refractivity contribution is -0.0296. The second-order valence-corrected chi connectivity index (χ2v) is 8.56. The Balaban J connectivity index is 1.88. The van der Waals surface area contributed by atoms with Crippen molar-refractivity contribution in [3.05, 3.63) is 29.6 Å². The third-order valence-electron chi connectivity index (χ3n) is 5.50. The molecule has 1 aromatic carbocycles. The molecular weight excluding hydrogens is 347 g/mol. The topological polar surface area (TPSA) is 89.7 Å². The Morgan fingerprint density at radius 3 is 2.76 bits per heavy atom. The van der Waals surface area contributed by atoms with Crippen molar-refractivity contribution in [2.45, 2.75) is 43.1 Å². The maximum atomic E-state index is 14.2. The van der Waals surface area contributed by atoms with Crippen molar-refractivity contribution in [2.24, 2.45) is 10.6 Å². The predicted molar refractivity (Wildman–Crippen MR) is 90.0 cm³/mol. The molecule has 8 heteroatoms. The van der Waals surface area contributed by atoms with E-state index in [9.17, 15) is 17.6 Å². The molecule has 0 unspecified atom stereocenters. The molecule has 1 amide bonds. The largest absolute Gasteiger partial charge is 0.381 e. The van der Waals surface area contributed by atoms with E-state index in [2.05, 4.69) is 0 Å². The van der Waals surface area contributed by atoms with Gasteiger partial charge in [0.2, 0.25) is 10.0 Å². The van der Waals surface area contributed by atoms with Crippen LogP contribution in [0.25, 0.3) is 0 Å². The number of nitrogens with zero attached hydrogens (tertiary/aromatic N) is 1. The molecule has 1 heterocycles. The summed E-state index contributed by atoms with van der Waals surface area (Å²) in [6, 6.07) is 3.06. The Morgan fingerprint density at radius 2 is 2.08 bits per heavy atom. The van der Waals surface area contributed by atoms with Gasteiger partial charge in [-0.3, -0.25) is 4.79 Å². The molecule has 25 heavy (non-hydrogen) atoms. The van der Waals surface area contributed by atoms with Crippen LogP contribution in [0.15, 0.2) is 23.1 Å². The van der Waals surface area contributed by atoms with Gasteiger partial charge in [0.15, 0.2) is 0 Å². The first-order chi connectivity index (χ1) is 11.8. The Labute approximate surface area is 147 Å². The van der Waals surface area contributed by atoms with Gasteiger partial charge in [0.25, 0.3) is 5.91 Å². The SMILES string of the molecule is CO[C@@H]1CCC[C@@]12CCCN(C(=O)c1cc(S(N)(=O)=O)ccc1F)C2. The number of halogens is 1. The monoisotopic (exact) mass is 370 g/mol. The quantitative estimate of drug-likeness (QED) is 0.880. The molecule has 1 aliphatic heterocycles. The van der Waals surface area contributed by atoms with Crippen molar-refractivity contribution < 1.29 is 22.3 Å². The molecule has 2 atom stereocenters. The zero-order chi connectivity index (χ0) is 18.2. The molecule has 6 nitrogen and oxygen atoms in total. The number of amides is 1. The van der Waals surface area contributed by atoms with Crippen LogP contribution in [0.5, 0.6) is 0 Å². The van der Waals surface area contributed by atoms with Crippen LogP contribution >= 0.6 is 0 Å². The summed E-state index contributed by atoms with van der Waals surface area (Å²) in [4.78, 5) is 14.2. The molecule has 0 radical (unpaired) electrons. The van der Waals surface area contributed by atoms with Crippen LogP contribution in [0.1, 0.15) is 42.5 Å². The molecule has 1 aliphatic carbocycles. The lowest BCUT2D eigenvalue weighted by atomic mass is 9.76. The zero-order valence-corrected chi connectivity index (χ0v) is 15.0. The second kappa shape index (κ2) is 6.66. The van der Waals surface area contributed by atoms with Gasteiger partial charge in [-0.1, -0.05) is 6.42 Å². The molecule has 2 N–H and O–H groups in total. The van der Waals surface area contributed by atoms with Crippen molar-refractivity contribution in [1.29, 1.82) is 0 Å².